The number of nitrogen functional groups attached to an aromatic ring is 1. The monoisotopic (exact) mass is 495 g/mol. The number of carbonyl (C=O) groups excluding carboxylic acids is 3. The molecule has 0 aromatic heterocycles. The van der Waals surface area contributed by atoms with Crippen molar-refractivity contribution in [3.63, 3.8) is 0 Å². The highest BCUT2D eigenvalue weighted by molar-refractivity contribution is 6.05. The maximum atomic E-state index is 13.2. The first kappa shape index (κ1) is 25.3. The van der Waals surface area contributed by atoms with Crippen LogP contribution in [0.4, 0.5) is 11.4 Å². The van der Waals surface area contributed by atoms with Crippen molar-refractivity contribution in [2.45, 2.75) is 19.1 Å². The van der Waals surface area contributed by atoms with Crippen molar-refractivity contribution in [3.8, 4) is 0 Å². The molecule has 2 fully saturated rings. The molecule has 11 nitrogen and oxygen atoms in total. The summed E-state index contributed by atoms with van der Waals surface area (Å²) < 4.78 is 10.8. The third-order valence-corrected chi connectivity index (χ3v) is 6.20. The minimum atomic E-state index is -1.76. The summed E-state index contributed by atoms with van der Waals surface area (Å²) in [6.45, 7) is 4.11. The van der Waals surface area contributed by atoms with Crippen LogP contribution in [0.3, 0.4) is 0 Å². The van der Waals surface area contributed by atoms with Crippen LogP contribution in [0.15, 0.2) is 42.5 Å². The Balaban J connectivity index is 1.47. The lowest BCUT2D eigenvalue weighted by atomic mass is 10.0. The predicted octanol–water partition coefficient (Wildman–Crippen LogP) is 0.483. The summed E-state index contributed by atoms with van der Waals surface area (Å²) >= 11 is 0. The maximum Gasteiger partial charge on any atom is 0.259 e. The molecule has 2 atom stereocenters. The molecule has 3 amide bonds. The van der Waals surface area contributed by atoms with E-state index in [0.717, 1.165) is 5.56 Å². The van der Waals surface area contributed by atoms with Crippen LogP contribution in [0.25, 0.3) is 0 Å². The van der Waals surface area contributed by atoms with E-state index < -0.39 is 24.0 Å². The first-order valence-corrected chi connectivity index (χ1v) is 11.6. The van der Waals surface area contributed by atoms with Gasteiger partial charge in [0, 0.05) is 42.1 Å². The third-order valence-electron chi connectivity index (χ3n) is 6.20. The second kappa shape index (κ2) is 10.9. The molecule has 2 aromatic carbocycles. The molecular formula is C25H29N5O6. The summed E-state index contributed by atoms with van der Waals surface area (Å²) in [5.41, 5.74) is 8.04. The van der Waals surface area contributed by atoms with Gasteiger partial charge in [-0.15, -0.1) is 0 Å². The lowest BCUT2D eigenvalue weighted by Crippen LogP contribution is -2.55. The number of morpholine rings is 2. The quantitative estimate of drug-likeness (QED) is 0.335. The Labute approximate surface area is 208 Å². The number of amides is 3. The molecule has 2 aliphatic rings. The summed E-state index contributed by atoms with van der Waals surface area (Å²) in [6, 6.07) is 11.4. The van der Waals surface area contributed by atoms with Crippen molar-refractivity contribution in [1.29, 1.82) is 5.41 Å². The number of amidine groups is 1. The van der Waals surface area contributed by atoms with Crippen molar-refractivity contribution >= 4 is 34.9 Å². The van der Waals surface area contributed by atoms with Gasteiger partial charge in [0.1, 0.15) is 5.84 Å². The largest absolute Gasteiger partial charge is 0.384 e. The van der Waals surface area contributed by atoms with Crippen molar-refractivity contribution in [2.75, 3.05) is 49.7 Å². The Kier molecular flexibility index (Phi) is 7.63. The zero-order valence-electron chi connectivity index (χ0n) is 19.9. The predicted molar refractivity (Wildman–Crippen MR) is 132 cm³/mol. The normalized spacial score (nSPS) is 19.1. The molecule has 2 aliphatic heterocycles. The number of rotatable bonds is 6. The van der Waals surface area contributed by atoms with E-state index in [0.29, 0.717) is 48.8 Å². The molecule has 0 bridgehead atoms. The van der Waals surface area contributed by atoms with Crippen LogP contribution in [-0.2, 0) is 19.1 Å². The highest BCUT2D eigenvalue weighted by Crippen LogP contribution is 2.25. The summed E-state index contributed by atoms with van der Waals surface area (Å²) in [4.78, 5) is 42.1. The number of nitrogens with zero attached hydrogens (tertiary/aromatic N) is 2. The van der Waals surface area contributed by atoms with Gasteiger partial charge in [0.25, 0.3) is 17.7 Å². The second-order valence-electron chi connectivity index (χ2n) is 8.61. The Bertz CT molecular complexity index is 1160. The van der Waals surface area contributed by atoms with E-state index in [-0.39, 0.29) is 24.9 Å². The first-order chi connectivity index (χ1) is 17.3. The van der Waals surface area contributed by atoms with Gasteiger partial charge in [0.15, 0.2) is 12.2 Å². The standard InChI is InChI=1S/C25H29N5O6/c1-15-2-7-18(14-19(15)24(33)29-8-11-35-12-9-29)30-10-13-36-21(25(30)34)20(31)23(32)28-17-5-3-16(4-6-17)22(26)27/h2-7,14,20-21,31H,8-13H2,1H3,(H3,26,27)(H,28,32)/t20-,21-/m1/s1. The van der Waals surface area contributed by atoms with Gasteiger partial charge in [-0.25, -0.2) is 0 Å². The second-order valence-corrected chi connectivity index (χ2v) is 8.61. The van der Waals surface area contributed by atoms with E-state index in [1.807, 2.05) is 6.92 Å². The van der Waals surface area contributed by atoms with E-state index in [9.17, 15) is 19.5 Å². The number of hydrogen-bond donors (Lipinski definition) is 4. The fourth-order valence-corrected chi connectivity index (χ4v) is 4.12. The molecule has 4 rings (SSSR count). The molecule has 0 unspecified atom stereocenters. The van der Waals surface area contributed by atoms with E-state index in [1.165, 1.54) is 17.0 Å². The van der Waals surface area contributed by atoms with Gasteiger partial charge in [0.05, 0.1) is 19.8 Å². The van der Waals surface area contributed by atoms with Crippen LogP contribution in [0, 0.1) is 12.3 Å². The van der Waals surface area contributed by atoms with Crippen LogP contribution < -0.4 is 16.0 Å². The third kappa shape index (κ3) is 5.38. The molecule has 5 N–H and O–H groups in total. The van der Waals surface area contributed by atoms with Gasteiger partial charge in [-0.3, -0.25) is 19.8 Å². The van der Waals surface area contributed by atoms with Gasteiger partial charge < -0.3 is 35.4 Å². The summed E-state index contributed by atoms with van der Waals surface area (Å²) in [6.07, 6.45) is -3.16. The van der Waals surface area contributed by atoms with Gasteiger partial charge >= 0.3 is 0 Å². The summed E-state index contributed by atoms with van der Waals surface area (Å²) in [5, 5.41) is 20.6. The minimum absolute atomic E-state index is 0.106. The zero-order valence-corrected chi connectivity index (χ0v) is 19.9. The minimum Gasteiger partial charge on any atom is -0.384 e. The molecule has 0 spiro atoms. The van der Waals surface area contributed by atoms with Crippen LogP contribution >= 0.6 is 0 Å². The van der Waals surface area contributed by atoms with Crippen molar-refractivity contribution in [2.24, 2.45) is 5.73 Å². The van der Waals surface area contributed by atoms with E-state index in [4.69, 9.17) is 20.6 Å². The van der Waals surface area contributed by atoms with Crippen LogP contribution in [0.1, 0.15) is 21.5 Å². The first-order valence-electron chi connectivity index (χ1n) is 11.6. The van der Waals surface area contributed by atoms with Crippen molar-refractivity contribution in [1.82, 2.24) is 4.90 Å². The van der Waals surface area contributed by atoms with Crippen molar-refractivity contribution in [3.05, 3.63) is 59.2 Å². The number of nitrogens with one attached hydrogen (secondary N) is 2. The molecule has 2 saturated heterocycles. The van der Waals surface area contributed by atoms with E-state index in [2.05, 4.69) is 5.32 Å². The zero-order chi connectivity index (χ0) is 25.8. The average Bonchev–Trinajstić information content (AvgIpc) is 2.89. The number of ether oxygens (including phenoxy) is 2. The molecule has 0 saturated carbocycles. The summed E-state index contributed by atoms with van der Waals surface area (Å²) in [7, 11) is 0. The number of benzene rings is 2. The number of anilines is 2. The lowest BCUT2D eigenvalue weighted by Gasteiger charge is -2.34. The summed E-state index contributed by atoms with van der Waals surface area (Å²) in [5.74, 6) is -1.63. The fraction of sp³-hybridized carbons (Fsp3) is 0.360. The highest BCUT2D eigenvalue weighted by Gasteiger charge is 2.39. The van der Waals surface area contributed by atoms with Crippen LogP contribution in [0.5, 0.6) is 0 Å². The number of carbonyl (C=O) groups is 3. The smallest absolute Gasteiger partial charge is 0.259 e. The maximum absolute atomic E-state index is 13.2. The number of aryl methyl sites for hydroxylation is 1. The molecule has 0 aliphatic carbocycles. The number of aliphatic hydroxyl groups is 1. The molecule has 36 heavy (non-hydrogen) atoms. The fourth-order valence-electron chi connectivity index (χ4n) is 4.12. The Morgan fingerprint density at radius 3 is 2.47 bits per heavy atom. The Hall–Kier alpha value is -3.80. The van der Waals surface area contributed by atoms with Gasteiger partial charge in [-0.2, -0.15) is 0 Å². The number of aliphatic hydroxyl groups excluding tert-OH is 1. The number of nitrogens with two attached hydrogens (primary N) is 1. The molecule has 190 valence electrons. The molecule has 0 radical (unpaired) electrons. The molecule has 2 aromatic rings. The highest BCUT2D eigenvalue weighted by atomic mass is 16.5. The molecule has 2 heterocycles. The Morgan fingerprint density at radius 1 is 1.11 bits per heavy atom. The lowest BCUT2D eigenvalue weighted by molar-refractivity contribution is -0.150. The van der Waals surface area contributed by atoms with Gasteiger partial charge in [0.2, 0.25) is 0 Å². The molecular weight excluding hydrogens is 466 g/mol. The van der Waals surface area contributed by atoms with Crippen LogP contribution in [0.2, 0.25) is 0 Å². The van der Waals surface area contributed by atoms with Gasteiger partial charge in [-0.05, 0) is 48.9 Å². The average molecular weight is 496 g/mol. The van der Waals surface area contributed by atoms with Crippen LogP contribution in [-0.4, -0.2) is 85.2 Å². The number of hydrogen-bond acceptors (Lipinski definition) is 7. The van der Waals surface area contributed by atoms with Gasteiger partial charge in [-0.1, -0.05) is 6.07 Å². The topological polar surface area (TPSA) is 158 Å². The van der Waals surface area contributed by atoms with E-state index >= 15 is 0 Å². The Morgan fingerprint density at radius 2 is 1.81 bits per heavy atom. The van der Waals surface area contributed by atoms with Crippen molar-refractivity contribution < 1.29 is 29.0 Å². The molecule has 11 heteroatoms. The van der Waals surface area contributed by atoms with E-state index in [1.54, 1.807) is 35.2 Å². The SMILES string of the molecule is Cc1ccc(N2CCO[C@H]([C@@H](O)C(=O)Nc3ccc(C(=N)N)cc3)C2=O)cc1C(=O)N1CCOCC1.